The minimum atomic E-state index is -5.23. The van der Waals surface area contributed by atoms with Crippen molar-refractivity contribution in [3.8, 4) is 0 Å². The van der Waals surface area contributed by atoms with Crippen LogP contribution in [0.3, 0.4) is 0 Å². The maximum absolute atomic E-state index is 12.6. The molecule has 4 nitrogen and oxygen atoms in total. The van der Waals surface area contributed by atoms with Crippen LogP contribution in [0.1, 0.15) is 45.4 Å². The van der Waals surface area contributed by atoms with Crippen molar-refractivity contribution in [2.24, 2.45) is 0 Å². The first-order chi connectivity index (χ1) is 9.72. The van der Waals surface area contributed by atoms with Crippen molar-refractivity contribution >= 4 is 10.1 Å². The molecule has 0 aliphatic heterocycles. The quantitative estimate of drug-likeness (QED) is 0.344. The fraction of sp³-hybridized carbons (Fsp3) is 0.714. The Balaban J connectivity index is 0. The second-order valence-electron chi connectivity index (χ2n) is 4.51. The Morgan fingerprint density at radius 3 is 1.95 bits per heavy atom. The first-order valence-electron chi connectivity index (χ1n) is 7.00. The van der Waals surface area contributed by atoms with E-state index in [1.165, 1.54) is 0 Å². The molecule has 0 heterocycles. The molecule has 0 unspecified atom stereocenters. The molecule has 0 aromatic heterocycles. The van der Waals surface area contributed by atoms with Crippen molar-refractivity contribution in [3.63, 3.8) is 0 Å². The third-order valence-electron chi connectivity index (χ3n) is 2.53. The van der Waals surface area contributed by atoms with E-state index in [-0.39, 0.29) is 6.42 Å². The van der Waals surface area contributed by atoms with Crippen molar-refractivity contribution in [3.05, 3.63) is 25.3 Å². The summed E-state index contributed by atoms with van der Waals surface area (Å²) in [6, 6.07) is 0. The van der Waals surface area contributed by atoms with E-state index in [1.807, 2.05) is 19.1 Å². The van der Waals surface area contributed by atoms with E-state index in [2.05, 4.69) is 18.5 Å². The Hall–Kier alpha value is -0.790. The van der Waals surface area contributed by atoms with Gasteiger partial charge in [0.2, 0.25) is 0 Å². The van der Waals surface area contributed by atoms with E-state index < -0.39 is 21.8 Å². The van der Waals surface area contributed by atoms with Crippen LogP contribution in [0, 0.1) is 0 Å². The van der Waals surface area contributed by atoms with Crippen LogP contribution in [0.25, 0.3) is 0 Å². The molecule has 0 saturated heterocycles. The van der Waals surface area contributed by atoms with Crippen molar-refractivity contribution < 1.29 is 21.8 Å². The second-order valence-corrected chi connectivity index (χ2v) is 6.06. The molecule has 0 bridgehead atoms. The highest BCUT2D eigenvalue weighted by Crippen LogP contribution is 2.27. The molecule has 0 saturated carbocycles. The van der Waals surface area contributed by atoms with Crippen molar-refractivity contribution in [2.45, 2.75) is 50.7 Å². The molecule has 0 spiro atoms. The summed E-state index contributed by atoms with van der Waals surface area (Å²) in [6.07, 6.45) is 6.30. The first kappa shape index (κ1) is 22.5. The normalized spacial score (nSPS) is 11.4. The molecule has 0 fully saturated rings. The highest BCUT2D eigenvalue weighted by Gasteiger charge is 2.42. The van der Waals surface area contributed by atoms with Crippen LogP contribution in [-0.4, -0.2) is 31.3 Å². The molecule has 0 aromatic carbocycles. The van der Waals surface area contributed by atoms with Gasteiger partial charge in [0.05, 0.1) is 0 Å². The number of halogens is 2. The van der Waals surface area contributed by atoms with E-state index in [4.69, 9.17) is 4.55 Å². The standard InChI is InChI=1S/C8H16F2O3S.C6H11N/c1-2-3-4-5-6-7-8(9,10)14(11,12)13;1-3-5-7-6-4-2/h2-7H2,1H3,(H,11,12,13);3-4,7H,1-2,5-6H2. The molecule has 0 atom stereocenters. The predicted molar refractivity (Wildman–Crippen MR) is 83.1 cm³/mol. The van der Waals surface area contributed by atoms with Gasteiger partial charge in [-0.15, -0.1) is 13.2 Å². The Kier molecular flexibility index (Phi) is 13.8. The Bertz CT molecular complexity index is 362. The summed E-state index contributed by atoms with van der Waals surface area (Å²) in [5.74, 6) is 0. The largest absolute Gasteiger partial charge is 0.370 e. The molecular weight excluding hydrogens is 300 g/mol. The lowest BCUT2D eigenvalue weighted by Gasteiger charge is -2.11. The van der Waals surface area contributed by atoms with Gasteiger partial charge < -0.3 is 5.32 Å². The zero-order valence-electron chi connectivity index (χ0n) is 12.7. The molecule has 0 aromatic rings. The molecule has 0 radical (unpaired) electrons. The van der Waals surface area contributed by atoms with E-state index in [0.717, 1.165) is 32.4 Å². The fourth-order valence-corrected chi connectivity index (χ4v) is 1.75. The van der Waals surface area contributed by atoms with E-state index in [0.29, 0.717) is 6.42 Å². The summed E-state index contributed by atoms with van der Waals surface area (Å²) in [6.45, 7) is 10.8. The van der Waals surface area contributed by atoms with Gasteiger partial charge in [-0.25, -0.2) is 0 Å². The van der Waals surface area contributed by atoms with E-state index in [1.54, 1.807) is 0 Å². The van der Waals surface area contributed by atoms with E-state index in [9.17, 15) is 17.2 Å². The maximum atomic E-state index is 12.6. The minimum Gasteiger partial charge on any atom is -0.310 e. The number of hydrogen-bond donors (Lipinski definition) is 2. The summed E-state index contributed by atoms with van der Waals surface area (Å²) < 4.78 is 53.7. The van der Waals surface area contributed by atoms with Crippen LogP contribution in [0.5, 0.6) is 0 Å². The Morgan fingerprint density at radius 1 is 1.10 bits per heavy atom. The number of unbranched alkanes of at least 4 members (excludes halogenated alkanes) is 4. The number of alkyl halides is 2. The van der Waals surface area contributed by atoms with Crippen molar-refractivity contribution in [2.75, 3.05) is 13.1 Å². The lowest BCUT2D eigenvalue weighted by molar-refractivity contribution is 0.0683. The van der Waals surface area contributed by atoms with Gasteiger partial charge in [-0.1, -0.05) is 44.8 Å². The van der Waals surface area contributed by atoms with Crippen LogP contribution in [-0.2, 0) is 10.1 Å². The molecule has 21 heavy (non-hydrogen) atoms. The SMILES string of the molecule is C=CCNCC=C.CCCCCCCC(F)(F)S(=O)(=O)O. The average Bonchev–Trinajstić information content (AvgIpc) is 2.38. The molecule has 0 amide bonds. The van der Waals surface area contributed by atoms with Crippen LogP contribution in [0.15, 0.2) is 25.3 Å². The minimum absolute atomic E-state index is 0.118. The molecule has 0 aliphatic rings. The van der Waals surface area contributed by atoms with Crippen LogP contribution in [0.4, 0.5) is 8.78 Å². The van der Waals surface area contributed by atoms with Gasteiger partial charge in [-0.2, -0.15) is 17.2 Å². The summed E-state index contributed by atoms with van der Waals surface area (Å²) in [5, 5.41) is -0.938. The van der Waals surface area contributed by atoms with Crippen LogP contribution >= 0.6 is 0 Å². The Morgan fingerprint density at radius 2 is 1.57 bits per heavy atom. The molecule has 2 N–H and O–H groups in total. The number of nitrogens with one attached hydrogen (secondary N) is 1. The van der Waals surface area contributed by atoms with Gasteiger partial charge in [-0.3, -0.25) is 4.55 Å². The molecule has 7 heteroatoms. The maximum Gasteiger partial charge on any atom is 0.370 e. The van der Waals surface area contributed by atoms with Gasteiger partial charge in [-0.05, 0) is 6.42 Å². The van der Waals surface area contributed by atoms with Gasteiger partial charge in [0.15, 0.2) is 0 Å². The highest BCUT2D eigenvalue weighted by molar-refractivity contribution is 7.86. The second kappa shape index (κ2) is 12.9. The smallest absolute Gasteiger partial charge is 0.310 e. The molecule has 126 valence electrons. The van der Waals surface area contributed by atoms with Crippen LogP contribution in [0.2, 0.25) is 0 Å². The molecular formula is C14H27F2NO3S. The summed E-state index contributed by atoms with van der Waals surface area (Å²) in [7, 11) is -5.23. The molecule has 0 rings (SSSR count). The zero-order valence-corrected chi connectivity index (χ0v) is 13.5. The zero-order chi connectivity index (χ0) is 16.8. The average molecular weight is 327 g/mol. The highest BCUT2D eigenvalue weighted by atomic mass is 32.2. The Labute approximate surface area is 127 Å². The van der Waals surface area contributed by atoms with Gasteiger partial charge in [0.25, 0.3) is 0 Å². The van der Waals surface area contributed by atoms with Gasteiger partial charge in [0, 0.05) is 19.5 Å². The third kappa shape index (κ3) is 13.9. The lowest BCUT2D eigenvalue weighted by atomic mass is 10.1. The topological polar surface area (TPSA) is 66.4 Å². The fourth-order valence-electron chi connectivity index (χ4n) is 1.35. The van der Waals surface area contributed by atoms with Gasteiger partial charge in [0.1, 0.15) is 0 Å². The van der Waals surface area contributed by atoms with Gasteiger partial charge >= 0.3 is 15.4 Å². The predicted octanol–water partition coefficient (Wildman–Crippen LogP) is 3.78. The lowest BCUT2D eigenvalue weighted by Crippen LogP contribution is -2.27. The monoisotopic (exact) mass is 327 g/mol. The van der Waals surface area contributed by atoms with Crippen molar-refractivity contribution in [1.82, 2.24) is 5.32 Å². The van der Waals surface area contributed by atoms with Crippen LogP contribution < -0.4 is 5.32 Å². The first-order valence-corrected chi connectivity index (χ1v) is 8.44. The summed E-state index contributed by atoms with van der Waals surface area (Å²) in [4.78, 5) is 0. The van der Waals surface area contributed by atoms with Crippen molar-refractivity contribution in [1.29, 1.82) is 0 Å². The molecule has 0 aliphatic carbocycles. The third-order valence-corrected chi connectivity index (χ3v) is 3.49. The summed E-state index contributed by atoms with van der Waals surface area (Å²) >= 11 is 0. The number of hydrogen-bond acceptors (Lipinski definition) is 3. The number of rotatable bonds is 11. The van der Waals surface area contributed by atoms with E-state index >= 15 is 0 Å². The summed E-state index contributed by atoms with van der Waals surface area (Å²) in [5.41, 5.74) is 0.